The summed E-state index contributed by atoms with van der Waals surface area (Å²) in [4.78, 5) is 36.9. The average Bonchev–Trinajstić information content (AvgIpc) is 3.05. The molecule has 2 aliphatic rings. The molecular formula is C24H26N2O5. The van der Waals surface area contributed by atoms with Gasteiger partial charge in [-0.25, -0.2) is 4.79 Å². The van der Waals surface area contributed by atoms with Crippen molar-refractivity contribution in [2.75, 3.05) is 26.2 Å². The van der Waals surface area contributed by atoms with Gasteiger partial charge in [-0.05, 0) is 22.3 Å². The van der Waals surface area contributed by atoms with Crippen molar-refractivity contribution in [3.05, 3.63) is 59.7 Å². The maximum absolute atomic E-state index is 12.2. The van der Waals surface area contributed by atoms with E-state index < -0.39 is 18.0 Å². The fourth-order valence-electron chi connectivity index (χ4n) is 4.31. The highest BCUT2D eigenvalue weighted by molar-refractivity contribution is 5.80. The molecule has 31 heavy (non-hydrogen) atoms. The SMILES string of the molecule is CC(C(=O)O)C1CN(C(=O)CCNC(=O)OCC2c3ccccc3-c3ccccc32)C1. The largest absolute Gasteiger partial charge is 0.481 e. The van der Waals surface area contributed by atoms with Crippen LogP contribution >= 0.6 is 0 Å². The van der Waals surface area contributed by atoms with E-state index in [-0.39, 0.29) is 37.3 Å². The van der Waals surface area contributed by atoms with Gasteiger partial charge in [-0.1, -0.05) is 55.5 Å². The lowest BCUT2D eigenvalue weighted by Crippen LogP contribution is -2.53. The van der Waals surface area contributed by atoms with Gasteiger partial charge in [-0.15, -0.1) is 0 Å². The number of carboxylic acid groups (broad SMARTS) is 1. The van der Waals surface area contributed by atoms with Crippen molar-refractivity contribution in [3.63, 3.8) is 0 Å². The van der Waals surface area contributed by atoms with Gasteiger partial charge >= 0.3 is 12.1 Å². The Hall–Kier alpha value is -3.35. The molecule has 0 radical (unpaired) electrons. The Kier molecular flexibility index (Phi) is 5.93. The first-order valence-corrected chi connectivity index (χ1v) is 10.5. The fourth-order valence-corrected chi connectivity index (χ4v) is 4.31. The van der Waals surface area contributed by atoms with E-state index in [1.54, 1.807) is 11.8 Å². The summed E-state index contributed by atoms with van der Waals surface area (Å²) in [6, 6.07) is 16.3. The lowest BCUT2D eigenvalue weighted by atomic mass is 9.87. The van der Waals surface area contributed by atoms with Crippen LogP contribution in [-0.2, 0) is 14.3 Å². The van der Waals surface area contributed by atoms with Crippen LogP contribution in [-0.4, -0.2) is 54.2 Å². The molecule has 2 N–H and O–H groups in total. The van der Waals surface area contributed by atoms with E-state index in [1.807, 2.05) is 24.3 Å². The van der Waals surface area contributed by atoms with Crippen molar-refractivity contribution < 1.29 is 24.2 Å². The normalized spacial score (nSPS) is 16.1. The summed E-state index contributed by atoms with van der Waals surface area (Å²) in [6.07, 6.45) is -0.381. The highest BCUT2D eigenvalue weighted by Gasteiger charge is 2.36. The van der Waals surface area contributed by atoms with Crippen LogP contribution in [0.2, 0.25) is 0 Å². The molecule has 4 rings (SSSR count). The van der Waals surface area contributed by atoms with Gasteiger partial charge in [-0.2, -0.15) is 0 Å². The van der Waals surface area contributed by atoms with Gasteiger partial charge in [0.25, 0.3) is 0 Å². The second-order valence-electron chi connectivity index (χ2n) is 8.19. The zero-order valence-electron chi connectivity index (χ0n) is 17.4. The number of alkyl carbamates (subject to hydrolysis) is 1. The minimum atomic E-state index is -0.839. The van der Waals surface area contributed by atoms with Crippen molar-refractivity contribution in [1.82, 2.24) is 10.2 Å². The molecule has 1 atom stereocenters. The lowest BCUT2D eigenvalue weighted by molar-refractivity contribution is -0.150. The van der Waals surface area contributed by atoms with E-state index >= 15 is 0 Å². The average molecular weight is 422 g/mol. The Bertz CT molecular complexity index is 953. The zero-order chi connectivity index (χ0) is 22.0. The van der Waals surface area contributed by atoms with Gasteiger partial charge in [0, 0.05) is 37.9 Å². The maximum Gasteiger partial charge on any atom is 0.407 e. The lowest BCUT2D eigenvalue weighted by Gasteiger charge is -2.41. The van der Waals surface area contributed by atoms with Gasteiger partial charge in [0.15, 0.2) is 0 Å². The first-order chi connectivity index (χ1) is 15.0. The molecule has 1 fully saturated rings. The third kappa shape index (κ3) is 4.26. The van der Waals surface area contributed by atoms with E-state index in [0.717, 1.165) is 11.1 Å². The topological polar surface area (TPSA) is 95.9 Å². The van der Waals surface area contributed by atoms with Gasteiger partial charge in [0.2, 0.25) is 5.91 Å². The molecule has 0 bridgehead atoms. The van der Waals surface area contributed by atoms with Crippen molar-refractivity contribution in [2.24, 2.45) is 11.8 Å². The molecule has 0 aromatic heterocycles. The van der Waals surface area contributed by atoms with Crippen molar-refractivity contribution in [2.45, 2.75) is 19.3 Å². The van der Waals surface area contributed by atoms with Gasteiger partial charge in [0.05, 0.1) is 5.92 Å². The highest BCUT2D eigenvalue weighted by atomic mass is 16.5. The Morgan fingerprint density at radius 1 is 1.06 bits per heavy atom. The number of carboxylic acids is 1. The van der Waals surface area contributed by atoms with Crippen molar-refractivity contribution in [1.29, 1.82) is 0 Å². The third-order valence-corrected chi connectivity index (χ3v) is 6.31. The molecule has 7 heteroatoms. The standard InChI is InChI=1S/C24H26N2O5/c1-15(23(28)29)16-12-26(13-16)22(27)10-11-25-24(30)31-14-21-19-8-4-2-6-17(19)18-7-3-5-9-20(18)21/h2-9,15-16,21H,10-14H2,1H3,(H,25,30)(H,28,29). The van der Waals surface area contributed by atoms with E-state index in [0.29, 0.717) is 13.1 Å². The van der Waals surface area contributed by atoms with Crippen LogP contribution in [0.15, 0.2) is 48.5 Å². The molecule has 2 aromatic rings. The Morgan fingerprint density at radius 2 is 1.65 bits per heavy atom. The Labute approximate surface area is 181 Å². The van der Waals surface area contributed by atoms with Gasteiger partial charge in [0.1, 0.15) is 6.61 Å². The molecule has 7 nitrogen and oxygen atoms in total. The number of fused-ring (bicyclic) bond motifs is 3. The van der Waals surface area contributed by atoms with Gasteiger partial charge in [-0.3, -0.25) is 9.59 Å². The quantitative estimate of drug-likeness (QED) is 0.715. The maximum atomic E-state index is 12.2. The number of benzene rings is 2. The first kappa shape index (κ1) is 20.9. The highest BCUT2D eigenvalue weighted by Crippen LogP contribution is 2.44. The second-order valence-corrected chi connectivity index (χ2v) is 8.19. The molecule has 1 aliphatic carbocycles. The van der Waals surface area contributed by atoms with Crippen LogP contribution in [0.25, 0.3) is 11.1 Å². The van der Waals surface area contributed by atoms with Crippen LogP contribution in [0.3, 0.4) is 0 Å². The van der Waals surface area contributed by atoms with Crippen LogP contribution in [0.4, 0.5) is 4.79 Å². The third-order valence-electron chi connectivity index (χ3n) is 6.31. The number of rotatable bonds is 7. The molecule has 2 aromatic carbocycles. The number of carbonyl (C=O) groups excluding carboxylic acids is 2. The number of aliphatic carboxylic acids is 1. The number of carbonyl (C=O) groups is 3. The molecule has 162 valence electrons. The second kappa shape index (κ2) is 8.79. The summed E-state index contributed by atoms with van der Waals surface area (Å²) in [7, 11) is 0. The number of hydrogen-bond donors (Lipinski definition) is 2. The van der Waals surface area contributed by atoms with Crippen LogP contribution in [0.1, 0.15) is 30.4 Å². The molecule has 0 spiro atoms. The predicted molar refractivity (Wildman–Crippen MR) is 115 cm³/mol. The predicted octanol–water partition coefficient (Wildman–Crippen LogP) is 3.09. The number of nitrogens with zero attached hydrogens (tertiary/aromatic N) is 1. The molecule has 1 heterocycles. The number of ether oxygens (including phenoxy) is 1. The molecule has 1 saturated heterocycles. The summed E-state index contributed by atoms with van der Waals surface area (Å²) < 4.78 is 5.46. The minimum Gasteiger partial charge on any atom is -0.481 e. The van der Waals surface area contributed by atoms with E-state index in [9.17, 15) is 14.4 Å². The van der Waals surface area contributed by atoms with Crippen LogP contribution < -0.4 is 5.32 Å². The number of amides is 2. The minimum absolute atomic E-state index is 0.00320. The molecular weight excluding hydrogens is 396 g/mol. The molecule has 1 aliphatic heterocycles. The smallest absolute Gasteiger partial charge is 0.407 e. The zero-order valence-corrected chi connectivity index (χ0v) is 17.4. The van der Waals surface area contributed by atoms with Gasteiger partial charge < -0.3 is 20.1 Å². The van der Waals surface area contributed by atoms with E-state index in [4.69, 9.17) is 9.84 Å². The van der Waals surface area contributed by atoms with Crippen molar-refractivity contribution >= 4 is 18.0 Å². The monoisotopic (exact) mass is 422 g/mol. The number of nitrogens with one attached hydrogen (secondary N) is 1. The number of likely N-dealkylation sites (tertiary alicyclic amines) is 1. The fraction of sp³-hybridized carbons (Fsp3) is 0.375. The Morgan fingerprint density at radius 3 is 2.23 bits per heavy atom. The van der Waals surface area contributed by atoms with E-state index in [1.165, 1.54) is 11.1 Å². The summed E-state index contributed by atoms with van der Waals surface area (Å²) in [5.74, 6) is -1.39. The Balaban J connectivity index is 1.22. The van der Waals surface area contributed by atoms with Crippen LogP contribution in [0, 0.1) is 11.8 Å². The summed E-state index contributed by atoms with van der Waals surface area (Å²) in [6.45, 7) is 2.99. The van der Waals surface area contributed by atoms with Crippen molar-refractivity contribution in [3.8, 4) is 11.1 Å². The molecule has 2 amide bonds. The molecule has 0 saturated carbocycles. The summed E-state index contributed by atoms with van der Waals surface area (Å²) >= 11 is 0. The molecule has 1 unspecified atom stereocenters. The summed E-state index contributed by atoms with van der Waals surface area (Å²) in [5.41, 5.74) is 4.63. The summed E-state index contributed by atoms with van der Waals surface area (Å²) in [5, 5.41) is 11.7. The van der Waals surface area contributed by atoms with Crippen LogP contribution in [0.5, 0.6) is 0 Å². The first-order valence-electron chi connectivity index (χ1n) is 10.5. The van der Waals surface area contributed by atoms with E-state index in [2.05, 4.69) is 29.6 Å². The number of hydrogen-bond acceptors (Lipinski definition) is 4.